The predicted molar refractivity (Wildman–Crippen MR) is 92.0 cm³/mol. The Kier molecular flexibility index (Phi) is 10.7. The molecule has 1 heterocycles. The van der Waals surface area contributed by atoms with Gasteiger partial charge in [-0.25, -0.2) is 0 Å². The van der Waals surface area contributed by atoms with Crippen LogP contribution < -0.4 is 5.32 Å². The van der Waals surface area contributed by atoms with Gasteiger partial charge in [0.25, 0.3) is 0 Å². The lowest BCUT2D eigenvalue weighted by atomic mass is 10.0. The van der Waals surface area contributed by atoms with Crippen LogP contribution in [0.4, 0.5) is 0 Å². The van der Waals surface area contributed by atoms with Crippen LogP contribution in [-0.4, -0.2) is 6.54 Å². The number of rotatable bonds is 13. The first kappa shape index (κ1) is 18.6. The number of halogens is 1. The molecule has 1 aromatic rings. The van der Waals surface area contributed by atoms with E-state index in [1.807, 2.05) is 6.07 Å². The van der Waals surface area contributed by atoms with Crippen molar-refractivity contribution in [2.45, 2.75) is 84.1 Å². The second kappa shape index (κ2) is 12.1. The molecule has 0 aromatic carbocycles. The fraction of sp³-hybridized carbons (Fsp3) is 0.778. The molecule has 2 nitrogen and oxygen atoms in total. The first-order valence-corrected chi connectivity index (χ1v) is 9.13. The Hall–Kier alpha value is -0.470. The summed E-state index contributed by atoms with van der Waals surface area (Å²) in [6.07, 6.45) is 14.8. The van der Waals surface area contributed by atoms with Crippen LogP contribution in [0.2, 0.25) is 5.22 Å². The SMILES string of the molecule is CCCCCCCCCCC(NCCC)c1ccoc1Cl. The summed E-state index contributed by atoms with van der Waals surface area (Å²) in [4.78, 5) is 0. The lowest BCUT2D eigenvalue weighted by Gasteiger charge is -2.17. The molecule has 1 unspecified atom stereocenters. The molecule has 0 aliphatic heterocycles. The molecule has 21 heavy (non-hydrogen) atoms. The van der Waals surface area contributed by atoms with E-state index in [4.69, 9.17) is 16.0 Å². The van der Waals surface area contributed by atoms with Crippen molar-refractivity contribution in [3.8, 4) is 0 Å². The minimum absolute atomic E-state index is 0.344. The summed E-state index contributed by atoms with van der Waals surface area (Å²) < 4.78 is 5.23. The van der Waals surface area contributed by atoms with Gasteiger partial charge in [0.15, 0.2) is 5.22 Å². The van der Waals surface area contributed by atoms with Gasteiger partial charge >= 0.3 is 0 Å². The van der Waals surface area contributed by atoms with Crippen LogP contribution in [0.3, 0.4) is 0 Å². The molecular weight excluding hydrogens is 282 g/mol. The van der Waals surface area contributed by atoms with E-state index < -0.39 is 0 Å². The summed E-state index contributed by atoms with van der Waals surface area (Å²) in [5.41, 5.74) is 1.12. The Balaban J connectivity index is 2.20. The molecule has 0 radical (unpaired) electrons. The average Bonchev–Trinajstić information content (AvgIpc) is 2.91. The molecule has 0 aliphatic rings. The van der Waals surface area contributed by atoms with Crippen molar-refractivity contribution in [3.05, 3.63) is 23.1 Å². The summed E-state index contributed by atoms with van der Waals surface area (Å²) in [5.74, 6) is 0. The third kappa shape index (κ3) is 7.92. The van der Waals surface area contributed by atoms with Crippen molar-refractivity contribution in [1.29, 1.82) is 0 Å². The van der Waals surface area contributed by atoms with Crippen LogP contribution in [-0.2, 0) is 0 Å². The van der Waals surface area contributed by atoms with Gasteiger partial charge in [-0.05, 0) is 37.1 Å². The van der Waals surface area contributed by atoms with E-state index in [2.05, 4.69) is 19.2 Å². The lowest BCUT2D eigenvalue weighted by molar-refractivity contribution is 0.459. The number of hydrogen-bond donors (Lipinski definition) is 1. The second-order valence-corrected chi connectivity index (χ2v) is 6.26. The Morgan fingerprint density at radius 1 is 1.00 bits per heavy atom. The Morgan fingerprint density at radius 2 is 1.67 bits per heavy atom. The molecule has 0 bridgehead atoms. The van der Waals surface area contributed by atoms with Crippen LogP contribution in [0.1, 0.15) is 89.7 Å². The molecule has 1 atom stereocenters. The molecule has 1 rings (SSSR count). The van der Waals surface area contributed by atoms with E-state index in [0.29, 0.717) is 11.3 Å². The Labute approximate surface area is 135 Å². The minimum atomic E-state index is 0.344. The summed E-state index contributed by atoms with van der Waals surface area (Å²) in [5, 5.41) is 4.13. The highest BCUT2D eigenvalue weighted by Gasteiger charge is 2.15. The van der Waals surface area contributed by atoms with Crippen LogP contribution in [0, 0.1) is 0 Å². The highest BCUT2D eigenvalue weighted by Crippen LogP contribution is 2.28. The fourth-order valence-electron chi connectivity index (χ4n) is 2.72. The van der Waals surface area contributed by atoms with Gasteiger partial charge in [-0.2, -0.15) is 0 Å². The molecule has 1 N–H and O–H groups in total. The monoisotopic (exact) mass is 313 g/mol. The average molecular weight is 314 g/mol. The summed E-state index contributed by atoms with van der Waals surface area (Å²) >= 11 is 6.12. The second-order valence-electron chi connectivity index (χ2n) is 5.92. The van der Waals surface area contributed by atoms with Gasteiger partial charge in [0.05, 0.1) is 6.26 Å². The largest absolute Gasteiger partial charge is 0.453 e. The van der Waals surface area contributed by atoms with Gasteiger partial charge in [0.2, 0.25) is 0 Å². The maximum Gasteiger partial charge on any atom is 0.197 e. The number of hydrogen-bond acceptors (Lipinski definition) is 2. The van der Waals surface area contributed by atoms with Gasteiger partial charge < -0.3 is 9.73 Å². The first-order valence-electron chi connectivity index (χ1n) is 8.75. The van der Waals surface area contributed by atoms with E-state index in [9.17, 15) is 0 Å². The van der Waals surface area contributed by atoms with Crippen molar-refractivity contribution in [3.63, 3.8) is 0 Å². The number of furan rings is 1. The predicted octanol–water partition coefficient (Wildman–Crippen LogP) is 6.50. The van der Waals surface area contributed by atoms with Gasteiger partial charge in [-0.15, -0.1) is 0 Å². The van der Waals surface area contributed by atoms with Crippen LogP contribution >= 0.6 is 11.6 Å². The van der Waals surface area contributed by atoms with Crippen molar-refractivity contribution in [2.75, 3.05) is 6.54 Å². The maximum absolute atomic E-state index is 6.12. The van der Waals surface area contributed by atoms with Crippen LogP contribution in [0.15, 0.2) is 16.7 Å². The third-order valence-corrected chi connectivity index (χ3v) is 4.32. The van der Waals surface area contributed by atoms with Gasteiger partial charge in [-0.3, -0.25) is 0 Å². The van der Waals surface area contributed by atoms with E-state index in [1.54, 1.807) is 6.26 Å². The van der Waals surface area contributed by atoms with Gasteiger partial charge in [0, 0.05) is 11.6 Å². The Morgan fingerprint density at radius 3 is 2.24 bits per heavy atom. The van der Waals surface area contributed by atoms with Gasteiger partial charge in [0.1, 0.15) is 0 Å². The molecule has 1 aromatic heterocycles. The summed E-state index contributed by atoms with van der Waals surface area (Å²) in [6, 6.07) is 2.34. The summed E-state index contributed by atoms with van der Waals surface area (Å²) in [7, 11) is 0. The highest BCUT2D eigenvalue weighted by atomic mass is 35.5. The third-order valence-electron chi connectivity index (χ3n) is 4.01. The quantitative estimate of drug-likeness (QED) is 0.420. The highest BCUT2D eigenvalue weighted by molar-refractivity contribution is 6.29. The standard InChI is InChI=1S/C18H32ClNO/c1-3-5-6-7-8-9-10-11-12-17(20-14-4-2)16-13-15-21-18(16)19/h13,15,17,20H,3-12,14H2,1-2H3. The zero-order chi connectivity index (χ0) is 15.3. The van der Waals surface area contributed by atoms with E-state index >= 15 is 0 Å². The molecule has 0 saturated heterocycles. The first-order chi connectivity index (χ1) is 10.3. The molecule has 0 spiro atoms. The Bertz CT molecular complexity index is 351. The van der Waals surface area contributed by atoms with Gasteiger partial charge in [-0.1, -0.05) is 65.2 Å². The van der Waals surface area contributed by atoms with E-state index in [-0.39, 0.29) is 0 Å². The van der Waals surface area contributed by atoms with Crippen LogP contribution in [0.5, 0.6) is 0 Å². The molecular formula is C18H32ClNO. The number of nitrogens with one attached hydrogen (secondary N) is 1. The minimum Gasteiger partial charge on any atom is -0.453 e. The van der Waals surface area contributed by atoms with Crippen molar-refractivity contribution in [2.24, 2.45) is 0 Å². The van der Waals surface area contributed by atoms with Crippen LogP contribution in [0.25, 0.3) is 0 Å². The molecule has 3 heteroatoms. The molecule has 122 valence electrons. The summed E-state index contributed by atoms with van der Waals surface area (Å²) in [6.45, 7) is 5.49. The molecule has 0 aliphatic carbocycles. The lowest BCUT2D eigenvalue weighted by Crippen LogP contribution is -2.22. The maximum atomic E-state index is 6.12. The van der Waals surface area contributed by atoms with E-state index in [1.165, 1.54) is 51.4 Å². The van der Waals surface area contributed by atoms with E-state index in [0.717, 1.165) is 24.9 Å². The van der Waals surface area contributed by atoms with Crippen molar-refractivity contribution < 1.29 is 4.42 Å². The smallest absolute Gasteiger partial charge is 0.197 e. The normalized spacial score (nSPS) is 12.7. The fourth-order valence-corrected chi connectivity index (χ4v) is 2.97. The van der Waals surface area contributed by atoms with Crippen molar-refractivity contribution in [1.82, 2.24) is 5.32 Å². The molecule has 0 amide bonds. The molecule has 0 fully saturated rings. The topological polar surface area (TPSA) is 25.2 Å². The molecule has 0 saturated carbocycles. The zero-order valence-electron chi connectivity index (χ0n) is 13.8. The number of unbranched alkanes of at least 4 members (excludes halogenated alkanes) is 7. The van der Waals surface area contributed by atoms with Crippen molar-refractivity contribution >= 4 is 11.6 Å². The zero-order valence-corrected chi connectivity index (χ0v) is 14.6.